The van der Waals surface area contributed by atoms with Crippen LogP contribution in [0.4, 0.5) is 9.18 Å². The molecule has 0 aromatic heterocycles. The minimum atomic E-state index is -3.68. The third-order valence-electron chi connectivity index (χ3n) is 6.30. The van der Waals surface area contributed by atoms with Crippen LogP contribution >= 0.6 is 9.24 Å². The van der Waals surface area contributed by atoms with Crippen molar-refractivity contribution < 1.29 is 27.1 Å². The minimum Gasteiger partial charge on any atom is -0.453 e. The first kappa shape index (κ1) is 37.8. The van der Waals surface area contributed by atoms with Gasteiger partial charge in [0, 0.05) is 6.04 Å². The van der Waals surface area contributed by atoms with Crippen molar-refractivity contribution in [3.05, 3.63) is 29.6 Å². The number of hydrogen-bond donors (Lipinski definition) is 3. The Balaban J connectivity index is 0.00000742. The summed E-state index contributed by atoms with van der Waals surface area (Å²) in [5.74, 6) is -0.947. The Morgan fingerprint density at radius 1 is 1.00 bits per heavy atom. The normalized spacial score (nSPS) is 12.8. The lowest BCUT2D eigenvalue weighted by molar-refractivity contribution is -0.123. The van der Waals surface area contributed by atoms with Gasteiger partial charge in [0.1, 0.15) is 11.9 Å². The van der Waals surface area contributed by atoms with E-state index >= 15 is 0 Å². The summed E-state index contributed by atoms with van der Waals surface area (Å²) in [6.07, 6.45) is 11.4. The first-order chi connectivity index (χ1) is 18.9. The van der Waals surface area contributed by atoms with Crippen LogP contribution in [-0.2, 0) is 25.8 Å². The van der Waals surface area contributed by atoms with Crippen LogP contribution in [-0.4, -0.2) is 63.7 Å². The molecule has 0 saturated carbocycles. The van der Waals surface area contributed by atoms with Crippen molar-refractivity contribution in [1.29, 1.82) is 0 Å². The van der Waals surface area contributed by atoms with E-state index in [2.05, 4.69) is 56.6 Å². The fourth-order valence-electron chi connectivity index (χ4n) is 4.30. The van der Waals surface area contributed by atoms with Gasteiger partial charge in [-0.1, -0.05) is 46.6 Å². The molecule has 3 N–H and O–H groups in total. The highest BCUT2D eigenvalue weighted by Gasteiger charge is 2.33. The second-order valence-electron chi connectivity index (χ2n) is 10.2. The largest absolute Gasteiger partial charge is 0.453 e. The predicted molar refractivity (Wildman–Crippen MR) is 165 cm³/mol. The van der Waals surface area contributed by atoms with Gasteiger partial charge in [-0.05, 0) is 74.1 Å². The second-order valence-corrected chi connectivity index (χ2v) is 13.2. The van der Waals surface area contributed by atoms with Crippen molar-refractivity contribution in [2.75, 3.05) is 26.0 Å². The molecule has 8 nitrogen and oxygen atoms in total. The number of hydrogen-bond acceptors (Lipinski definition) is 6. The number of terminal acetylenes is 1. The van der Waals surface area contributed by atoms with Crippen molar-refractivity contribution in [3.8, 4) is 12.8 Å². The third kappa shape index (κ3) is 15.5. The van der Waals surface area contributed by atoms with Crippen LogP contribution in [0.25, 0.3) is 0 Å². The number of nitrogens with one attached hydrogen (secondary N) is 3. The number of benzene rings is 1. The van der Waals surface area contributed by atoms with Crippen LogP contribution in [0, 0.1) is 24.6 Å². The summed E-state index contributed by atoms with van der Waals surface area (Å²) in [6, 6.07) is 2.93. The van der Waals surface area contributed by atoms with Gasteiger partial charge in [0.25, 0.3) is 0 Å². The van der Waals surface area contributed by atoms with Crippen molar-refractivity contribution in [3.63, 3.8) is 0 Å². The maximum absolute atomic E-state index is 14.0. The molecule has 1 aromatic rings. The number of halogens is 1. The van der Waals surface area contributed by atoms with Crippen molar-refractivity contribution >= 4 is 36.4 Å². The van der Waals surface area contributed by atoms with E-state index in [4.69, 9.17) is 0 Å². The summed E-state index contributed by atoms with van der Waals surface area (Å²) in [7, 11) is -0.0507. The first-order valence-electron chi connectivity index (χ1n) is 13.9. The Bertz CT molecular complexity index is 994. The fraction of sp³-hybridized carbons (Fsp3) is 0.655. The van der Waals surface area contributed by atoms with Gasteiger partial charge < -0.3 is 20.7 Å². The Hall–Kier alpha value is -2.21. The van der Waals surface area contributed by atoms with Crippen LogP contribution in [0.3, 0.4) is 0 Å². The number of carbonyl (C=O) groups is 2. The zero-order valence-electron chi connectivity index (χ0n) is 24.7. The van der Waals surface area contributed by atoms with E-state index < -0.39 is 44.9 Å². The first-order valence-corrected chi connectivity index (χ1v) is 16.2. The van der Waals surface area contributed by atoms with E-state index in [0.717, 1.165) is 20.1 Å². The Morgan fingerprint density at radius 2 is 1.60 bits per heavy atom. The second kappa shape index (κ2) is 20.6. The molecule has 0 aliphatic carbocycles. The number of carbonyl (C=O) groups excluding carboxylic acids is 2. The molecular formula is C29H49FN3O5PS. The zero-order chi connectivity index (χ0) is 30.7. The Morgan fingerprint density at radius 3 is 2.12 bits per heavy atom. The fourth-order valence-corrected chi connectivity index (χ4v) is 6.83. The van der Waals surface area contributed by atoms with Gasteiger partial charge in [-0.3, -0.25) is 4.79 Å². The summed E-state index contributed by atoms with van der Waals surface area (Å²) >= 11 is 0. The van der Waals surface area contributed by atoms with Crippen LogP contribution in [0.1, 0.15) is 71.8 Å². The van der Waals surface area contributed by atoms with Crippen molar-refractivity contribution in [1.82, 2.24) is 16.0 Å². The van der Waals surface area contributed by atoms with E-state index in [1.165, 1.54) is 12.1 Å². The molecule has 1 rings (SSSR count). The van der Waals surface area contributed by atoms with E-state index in [-0.39, 0.29) is 5.82 Å². The van der Waals surface area contributed by atoms with E-state index in [9.17, 15) is 22.4 Å². The smallest absolute Gasteiger partial charge is 0.407 e. The summed E-state index contributed by atoms with van der Waals surface area (Å²) in [5.41, 5.74) is 0.707. The molecule has 0 aliphatic heterocycles. The molecule has 0 heterocycles. The van der Waals surface area contributed by atoms with Gasteiger partial charge in [0.2, 0.25) is 5.91 Å². The van der Waals surface area contributed by atoms with Gasteiger partial charge in [0.15, 0.2) is 9.84 Å². The molecule has 0 spiro atoms. The van der Waals surface area contributed by atoms with Crippen LogP contribution in [0.15, 0.2) is 18.2 Å². The number of sulfone groups is 1. The lowest BCUT2D eigenvalue weighted by atomic mass is 10.0. The number of methoxy groups -OCH3 is 1. The molecule has 0 saturated heterocycles. The number of alkyl carbamates (subject to hydrolysis) is 1. The Labute approximate surface area is 243 Å². The van der Waals surface area contributed by atoms with Crippen LogP contribution < -0.4 is 21.3 Å². The van der Waals surface area contributed by atoms with Gasteiger partial charge >= 0.3 is 6.09 Å². The minimum absolute atomic E-state index is 0.350. The molecule has 228 valence electrons. The van der Waals surface area contributed by atoms with Crippen LogP contribution in [0.2, 0.25) is 0 Å². The van der Waals surface area contributed by atoms with E-state index in [1.54, 1.807) is 0 Å². The molecule has 1 unspecified atom stereocenters. The highest BCUT2D eigenvalue weighted by atomic mass is 32.2. The van der Waals surface area contributed by atoms with Gasteiger partial charge in [-0.25, -0.2) is 17.6 Å². The number of amides is 2. The van der Waals surface area contributed by atoms with E-state index in [1.807, 2.05) is 19.9 Å². The number of rotatable bonds is 18. The summed E-state index contributed by atoms with van der Waals surface area (Å²) in [6.45, 7) is 9.56. The summed E-state index contributed by atoms with van der Waals surface area (Å²) < 4.78 is 45.1. The molecule has 1 aromatic carbocycles. The Kier molecular flexibility index (Phi) is 19.5. The standard InChI is InChI=1S/C27H47FN3O5PS.C2H2/c1-6-8-24(9-7-2)38(34,35)18-25(31-27(33)36-5)26(32)30-22(11-13-29-12-10-19(3)4)15-20-14-21(28)17-23(37)16-20;1-2/h14,16-17,19,22,24-25,29H,6-13,15,18,37H2,1-5H3,(H,30,32)(H,31,33);1-2H/t22-,25-;/m1./s1. The average molecular weight is 602 g/mol. The summed E-state index contributed by atoms with van der Waals surface area (Å²) in [4.78, 5) is 25.4. The molecule has 2 amide bonds. The quantitative estimate of drug-likeness (QED) is 0.134. The zero-order valence-corrected chi connectivity index (χ0v) is 26.6. The lowest BCUT2D eigenvalue weighted by Gasteiger charge is -2.25. The molecule has 40 heavy (non-hydrogen) atoms. The highest BCUT2D eigenvalue weighted by molar-refractivity contribution is 7.92. The maximum atomic E-state index is 14.0. The lowest BCUT2D eigenvalue weighted by Crippen LogP contribution is -2.54. The average Bonchev–Trinajstić information content (AvgIpc) is 2.88. The SMILES string of the molecule is C#C.CCCC(CCC)S(=O)(=O)C[C@@H](NC(=O)OC)C(=O)N[C@H](CCNCCC(C)C)Cc1cc(F)cc(P)c1. The van der Waals surface area contributed by atoms with Gasteiger partial charge in [0.05, 0.1) is 18.1 Å². The van der Waals surface area contributed by atoms with Gasteiger partial charge in [-0.15, -0.1) is 22.1 Å². The van der Waals surface area contributed by atoms with Gasteiger partial charge in [-0.2, -0.15) is 0 Å². The van der Waals surface area contributed by atoms with Crippen molar-refractivity contribution in [2.24, 2.45) is 5.92 Å². The number of ether oxygens (including phenoxy) is 1. The maximum Gasteiger partial charge on any atom is 0.407 e. The topological polar surface area (TPSA) is 114 Å². The molecule has 0 radical (unpaired) electrons. The third-order valence-corrected chi connectivity index (χ3v) is 8.92. The molecule has 11 heteroatoms. The molecule has 3 atom stereocenters. The predicted octanol–water partition coefficient (Wildman–Crippen LogP) is 3.74. The monoisotopic (exact) mass is 601 g/mol. The van der Waals surface area contributed by atoms with E-state index in [0.29, 0.717) is 61.9 Å². The van der Waals surface area contributed by atoms with Crippen LogP contribution in [0.5, 0.6) is 0 Å². The molecule has 0 aliphatic rings. The molecule has 0 bridgehead atoms. The molecular weight excluding hydrogens is 552 g/mol. The highest BCUT2D eigenvalue weighted by Crippen LogP contribution is 2.17. The summed E-state index contributed by atoms with van der Waals surface area (Å²) in [5, 5.41) is 8.80. The molecule has 0 fully saturated rings. The van der Waals surface area contributed by atoms with Crippen molar-refractivity contribution in [2.45, 2.75) is 90.0 Å².